The van der Waals surface area contributed by atoms with Crippen molar-refractivity contribution in [3.63, 3.8) is 0 Å². The Labute approximate surface area is 414 Å². The van der Waals surface area contributed by atoms with E-state index < -0.39 is 0 Å². The van der Waals surface area contributed by atoms with Crippen molar-refractivity contribution in [2.45, 2.75) is 0 Å². The lowest BCUT2D eigenvalue weighted by Crippen LogP contribution is -2.00. The fourth-order valence-electron chi connectivity index (χ4n) is 10.6. The number of nitrogens with zero attached hydrogens (tertiary/aromatic N) is 3. The van der Waals surface area contributed by atoms with E-state index in [1.165, 1.54) is 86.4 Å². The van der Waals surface area contributed by atoms with Crippen molar-refractivity contribution < 1.29 is 0 Å². The first-order chi connectivity index (χ1) is 35.2. The molecule has 0 unspecified atom stereocenters. The average molecular weight is 920 g/mol. The summed E-state index contributed by atoms with van der Waals surface area (Å²) in [5.74, 6) is 1.89. The number of aromatic nitrogens is 3. The summed E-state index contributed by atoms with van der Waals surface area (Å²) in [6.07, 6.45) is 0. The second-order valence-electron chi connectivity index (χ2n) is 18.3. The van der Waals surface area contributed by atoms with Crippen LogP contribution < -0.4 is 0 Å². The minimum atomic E-state index is 0.625. The Kier molecular flexibility index (Phi) is 9.71. The van der Waals surface area contributed by atoms with Gasteiger partial charge in [0.15, 0.2) is 17.5 Å². The highest BCUT2D eigenvalue weighted by atomic mass is 32.1. The van der Waals surface area contributed by atoms with Gasteiger partial charge in [-0.2, -0.15) is 0 Å². The smallest absolute Gasteiger partial charge is 0.165 e. The number of fused-ring (bicyclic) bond motifs is 9. The topological polar surface area (TPSA) is 38.7 Å². The maximum absolute atomic E-state index is 5.38. The second-order valence-corrected chi connectivity index (χ2v) is 19.3. The molecule has 0 atom stereocenters. The lowest BCUT2D eigenvalue weighted by atomic mass is 9.92. The molecular formula is C67H41N3S. The number of rotatable bonds is 7. The van der Waals surface area contributed by atoms with Gasteiger partial charge in [-0.1, -0.05) is 206 Å². The van der Waals surface area contributed by atoms with Crippen LogP contribution in [0.1, 0.15) is 0 Å². The van der Waals surface area contributed by atoms with Gasteiger partial charge in [0.2, 0.25) is 0 Å². The van der Waals surface area contributed by atoms with Crippen molar-refractivity contribution in [2.75, 3.05) is 0 Å². The standard InChI is InChI=1S/C67H41N3S/c1-2-15-42(16-3-1)45-19-12-20-46(37-45)43-31-33-44(34-32-43)65-68-66(51-22-13-21-47(38-51)60-39-48-17-4-6-23-52(48)54-25-8-10-27-56(54)60)70-67(69-65)59-30-14-29-58-62-41-50(35-36-63(62)71-64(58)59)61-40-49-18-5-7-24-53(49)55-26-9-11-28-57(55)61/h1-41H. The molecule has 0 aliphatic rings. The van der Waals surface area contributed by atoms with Crippen LogP contribution >= 0.6 is 11.3 Å². The lowest BCUT2D eigenvalue weighted by molar-refractivity contribution is 1.08. The first-order valence-corrected chi connectivity index (χ1v) is 24.9. The molecule has 3 nitrogen and oxygen atoms in total. The van der Waals surface area contributed by atoms with E-state index in [2.05, 4.69) is 249 Å². The Hall–Kier alpha value is -9.09. The molecule has 0 fully saturated rings. The monoisotopic (exact) mass is 919 g/mol. The Morgan fingerprint density at radius 3 is 1.32 bits per heavy atom. The van der Waals surface area contributed by atoms with Gasteiger partial charge in [0.1, 0.15) is 0 Å². The van der Waals surface area contributed by atoms with Crippen LogP contribution in [-0.4, -0.2) is 15.0 Å². The Morgan fingerprint density at radius 2 is 0.662 bits per heavy atom. The number of hydrogen-bond acceptors (Lipinski definition) is 4. The van der Waals surface area contributed by atoms with Crippen LogP contribution in [0.3, 0.4) is 0 Å². The lowest BCUT2D eigenvalue weighted by Gasteiger charge is -2.13. The summed E-state index contributed by atoms with van der Waals surface area (Å²) >= 11 is 1.80. The first-order valence-electron chi connectivity index (χ1n) is 24.1. The van der Waals surface area contributed by atoms with E-state index >= 15 is 0 Å². The molecule has 14 aromatic rings. The van der Waals surface area contributed by atoms with E-state index in [4.69, 9.17) is 15.0 Å². The normalized spacial score (nSPS) is 11.7. The summed E-state index contributed by atoms with van der Waals surface area (Å²) in [5, 5.41) is 12.3. The Morgan fingerprint density at radius 1 is 0.225 bits per heavy atom. The summed E-state index contributed by atoms with van der Waals surface area (Å²) in [5.41, 5.74) is 12.2. The summed E-state index contributed by atoms with van der Waals surface area (Å²) < 4.78 is 2.37. The third-order valence-corrected chi connectivity index (χ3v) is 15.3. The highest BCUT2D eigenvalue weighted by Gasteiger charge is 2.19. The summed E-state index contributed by atoms with van der Waals surface area (Å²) in [6.45, 7) is 0. The maximum Gasteiger partial charge on any atom is 0.165 e. The minimum absolute atomic E-state index is 0.625. The van der Waals surface area contributed by atoms with Crippen LogP contribution in [0.2, 0.25) is 0 Å². The summed E-state index contributed by atoms with van der Waals surface area (Å²) in [6, 6.07) is 89.5. The Balaban J connectivity index is 0.919. The van der Waals surface area contributed by atoms with Crippen molar-refractivity contribution in [3.05, 3.63) is 249 Å². The van der Waals surface area contributed by atoms with E-state index in [-0.39, 0.29) is 0 Å². The molecule has 0 aliphatic carbocycles. The highest BCUT2D eigenvalue weighted by molar-refractivity contribution is 7.26. The van der Waals surface area contributed by atoms with Gasteiger partial charge in [-0.05, 0) is 130 Å². The second kappa shape index (κ2) is 16.8. The maximum atomic E-state index is 5.38. The van der Waals surface area contributed by atoms with Crippen molar-refractivity contribution in [1.29, 1.82) is 0 Å². The molecule has 0 aliphatic heterocycles. The van der Waals surface area contributed by atoms with E-state index in [9.17, 15) is 0 Å². The highest BCUT2D eigenvalue weighted by Crippen LogP contribution is 2.44. The predicted octanol–water partition coefficient (Wildman–Crippen LogP) is 18.5. The van der Waals surface area contributed by atoms with Crippen molar-refractivity contribution in [2.24, 2.45) is 0 Å². The molecule has 12 aromatic carbocycles. The fourth-order valence-corrected chi connectivity index (χ4v) is 11.8. The zero-order valence-electron chi connectivity index (χ0n) is 38.4. The van der Waals surface area contributed by atoms with E-state index in [1.807, 2.05) is 0 Å². The van der Waals surface area contributed by atoms with Crippen molar-refractivity contribution in [3.8, 4) is 78.7 Å². The predicted molar refractivity (Wildman–Crippen MR) is 301 cm³/mol. The molecule has 2 heterocycles. The molecule has 71 heavy (non-hydrogen) atoms. The molecule has 0 amide bonds. The van der Waals surface area contributed by atoms with Gasteiger partial charge in [0.05, 0.1) is 0 Å². The van der Waals surface area contributed by atoms with Crippen LogP contribution in [0, 0.1) is 0 Å². The Bertz CT molecular complexity index is 4400. The molecule has 14 rings (SSSR count). The number of hydrogen-bond donors (Lipinski definition) is 0. The quantitative estimate of drug-likeness (QED) is 0.150. The summed E-state index contributed by atoms with van der Waals surface area (Å²) in [7, 11) is 0. The van der Waals surface area contributed by atoms with Gasteiger partial charge in [-0.3, -0.25) is 0 Å². The van der Waals surface area contributed by atoms with Crippen LogP contribution in [0.15, 0.2) is 249 Å². The third-order valence-electron chi connectivity index (χ3n) is 14.1. The van der Waals surface area contributed by atoms with Crippen LogP contribution in [-0.2, 0) is 0 Å². The van der Waals surface area contributed by atoms with E-state index in [0.29, 0.717) is 17.5 Å². The fraction of sp³-hybridized carbons (Fsp3) is 0. The van der Waals surface area contributed by atoms with Crippen molar-refractivity contribution >= 4 is 74.6 Å². The molecule has 0 radical (unpaired) electrons. The molecule has 2 aromatic heterocycles. The van der Waals surface area contributed by atoms with Gasteiger partial charge in [-0.25, -0.2) is 15.0 Å². The number of thiophene rings is 1. The van der Waals surface area contributed by atoms with Gasteiger partial charge in [0, 0.05) is 36.9 Å². The number of benzene rings is 12. The molecule has 330 valence electrons. The molecule has 0 spiro atoms. The largest absolute Gasteiger partial charge is 0.208 e. The van der Waals surface area contributed by atoms with Crippen LogP contribution in [0.25, 0.3) is 142 Å². The zero-order chi connectivity index (χ0) is 46.8. The van der Waals surface area contributed by atoms with Gasteiger partial charge in [-0.15, -0.1) is 11.3 Å². The van der Waals surface area contributed by atoms with Gasteiger partial charge >= 0.3 is 0 Å². The molecule has 0 saturated carbocycles. The van der Waals surface area contributed by atoms with E-state index in [1.54, 1.807) is 11.3 Å². The van der Waals surface area contributed by atoms with Gasteiger partial charge in [0.25, 0.3) is 0 Å². The zero-order valence-corrected chi connectivity index (χ0v) is 39.2. The first kappa shape index (κ1) is 40.9. The van der Waals surface area contributed by atoms with Gasteiger partial charge < -0.3 is 0 Å². The molecular weight excluding hydrogens is 879 g/mol. The molecule has 0 bridgehead atoms. The minimum Gasteiger partial charge on any atom is -0.208 e. The van der Waals surface area contributed by atoms with Crippen LogP contribution in [0.5, 0.6) is 0 Å². The SMILES string of the molecule is c1ccc(-c2cccc(-c3ccc(-c4nc(-c5cccc(-c6cc7ccccc7c7ccccc67)c5)nc(-c5cccc6c5sc5ccc(-c7cc8ccccc8c8ccccc78)cc56)n4)cc3)c2)cc1. The van der Waals surface area contributed by atoms with Crippen LogP contribution in [0.4, 0.5) is 0 Å². The third kappa shape index (κ3) is 7.15. The molecule has 0 N–H and O–H groups in total. The van der Waals surface area contributed by atoms with Crippen molar-refractivity contribution in [1.82, 2.24) is 15.0 Å². The molecule has 0 saturated heterocycles. The molecule has 4 heteroatoms. The van der Waals surface area contributed by atoms with E-state index in [0.717, 1.165) is 38.1 Å². The average Bonchev–Trinajstić information content (AvgIpc) is 3.83. The summed E-state index contributed by atoms with van der Waals surface area (Å²) in [4.78, 5) is 16.0.